The summed E-state index contributed by atoms with van der Waals surface area (Å²) >= 11 is 0. The van der Waals surface area contributed by atoms with Crippen LogP contribution in [0, 0.1) is 0 Å². The van der Waals surface area contributed by atoms with Gasteiger partial charge in [0.1, 0.15) is 0 Å². The Bertz CT molecular complexity index is 2740. The topological polar surface area (TPSA) is 0 Å². The van der Waals surface area contributed by atoms with Crippen LogP contribution in [0.25, 0.3) is 88.0 Å². The second-order valence-electron chi connectivity index (χ2n) is 14.4. The van der Waals surface area contributed by atoms with Gasteiger partial charge in [0.15, 0.2) is 0 Å². The molecule has 0 unspecified atom stereocenters. The van der Waals surface area contributed by atoms with Crippen molar-refractivity contribution in [1.82, 2.24) is 0 Å². The summed E-state index contributed by atoms with van der Waals surface area (Å²) in [7, 11) is 0. The summed E-state index contributed by atoms with van der Waals surface area (Å²) in [5, 5.41) is 7.74. The zero-order valence-corrected chi connectivity index (χ0v) is 28.8. The van der Waals surface area contributed by atoms with E-state index in [9.17, 15) is 0 Å². The van der Waals surface area contributed by atoms with Crippen LogP contribution in [0.5, 0.6) is 0 Å². The largest absolute Gasteiger partial charge is 0.0622 e. The Labute approximate surface area is 299 Å². The molecule has 9 aromatic rings. The molecule has 0 heterocycles. The summed E-state index contributed by atoms with van der Waals surface area (Å²) < 4.78 is 0. The Morgan fingerprint density at radius 1 is 0.294 bits per heavy atom. The van der Waals surface area contributed by atoms with Crippen LogP contribution in [0.1, 0.15) is 25.0 Å². The van der Waals surface area contributed by atoms with Gasteiger partial charge >= 0.3 is 0 Å². The number of hydrogen-bond donors (Lipinski definition) is 0. The third-order valence-corrected chi connectivity index (χ3v) is 11.2. The summed E-state index contributed by atoms with van der Waals surface area (Å²) in [5.41, 5.74) is 15.5. The van der Waals surface area contributed by atoms with E-state index < -0.39 is 0 Å². The van der Waals surface area contributed by atoms with Crippen molar-refractivity contribution in [3.05, 3.63) is 193 Å². The van der Waals surface area contributed by atoms with Crippen LogP contribution >= 0.6 is 0 Å². The molecule has 9 aromatic carbocycles. The quantitative estimate of drug-likeness (QED) is 0.167. The highest BCUT2D eigenvalue weighted by atomic mass is 14.4. The molecule has 51 heavy (non-hydrogen) atoms. The predicted octanol–water partition coefficient (Wildman–Crippen LogP) is 14.1. The average molecular weight is 649 g/mol. The molecule has 10 rings (SSSR count). The molecule has 0 atom stereocenters. The molecule has 0 fully saturated rings. The van der Waals surface area contributed by atoms with Crippen molar-refractivity contribution in [2.24, 2.45) is 0 Å². The van der Waals surface area contributed by atoms with Crippen molar-refractivity contribution in [1.29, 1.82) is 0 Å². The van der Waals surface area contributed by atoms with Gasteiger partial charge in [0, 0.05) is 5.41 Å². The Hall–Kier alpha value is -6.24. The minimum atomic E-state index is -0.124. The summed E-state index contributed by atoms with van der Waals surface area (Å²) in [6, 6.07) is 67.2. The second-order valence-corrected chi connectivity index (χ2v) is 14.4. The monoisotopic (exact) mass is 648 g/mol. The third-order valence-electron chi connectivity index (χ3n) is 11.2. The van der Waals surface area contributed by atoms with Crippen molar-refractivity contribution in [2.45, 2.75) is 19.3 Å². The van der Waals surface area contributed by atoms with E-state index in [-0.39, 0.29) is 5.41 Å². The van der Waals surface area contributed by atoms with Crippen molar-refractivity contribution < 1.29 is 0 Å². The zero-order chi connectivity index (χ0) is 34.1. The van der Waals surface area contributed by atoms with E-state index in [1.54, 1.807) is 0 Å². The van der Waals surface area contributed by atoms with Crippen LogP contribution in [0.4, 0.5) is 0 Å². The van der Waals surface area contributed by atoms with Crippen LogP contribution in [0.15, 0.2) is 182 Å². The zero-order valence-electron chi connectivity index (χ0n) is 28.8. The molecule has 1 aliphatic carbocycles. The van der Waals surface area contributed by atoms with Gasteiger partial charge in [-0.25, -0.2) is 0 Å². The fourth-order valence-corrected chi connectivity index (χ4v) is 9.04. The van der Waals surface area contributed by atoms with Crippen molar-refractivity contribution in [3.63, 3.8) is 0 Å². The summed E-state index contributed by atoms with van der Waals surface area (Å²) in [6.45, 7) is 4.80. The van der Waals surface area contributed by atoms with E-state index in [1.807, 2.05) is 0 Å². The van der Waals surface area contributed by atoms with Gasteiger partial charge in [-0.2, -0.15) is 0 Å². The summed E-state index contributed by atoms with van der Waals surface area (Å²) in [5.74, 6) is 0. The lowest BCUT2D eigenvalue weighted by Crippen LogP contribution is -2.16. The lowest BCUT2D eigenvalue weighted by Gasteiger charge is -2.26. The Balaban J connectivity index is 1.13. The average Bonchev–Trinajstić information content (AvgIpc) is 3.44. The first-order valence-corrected chi connectivity index (χ1v) is 17.9. The van der Waals surface area contributed by atoms with Crippen LogP contribution in [0.2, 0.25) is 0 Å². The van der Waals surface area contributed by atoms with Gasteiger partial charge in [0.25, 0.3) is 0 Å². The molecular weight excluding hydrogens is 613 g/mol. The minimum absolute atomic E-state index is 0.124. The molecule has 0 aliphatic heterocycles. The van der Waals surface area contributed by atoms with Crippen LogP contribution in [-0.4, -0.2) is 0 Å². The number of rotatable bonds is 4. The highest BCUT2D eigenvalue weighted by Gasteiger charge is 2.38. The Morgan fingerprint density at radius 2 is 0.784 bits per heavy atom. The summed E-state index contributed by atoms with van der Waals surface area (Å²) in [6.07, 6.45) is 0. The molecule has 0 radical (unpaired) electrons. The van der Waals surface area contributed by atoms with E-state index >= 15 is 0 Å². The Kier molecular flexibility index (Phi) is 6.63. The van der Waals surface area contributed by atoms with Gasteiger partial charge in [-0.3, -0.25) is 0 Å². The molecule has 0 N–H and O–H groups in total. The first-order chi connectivity index (χ1) is 25.1. The molecule has 0 heteroatoms. The molecule has 0 spiro atoms. The van der Waals surface area contributed by atoms with Gasteiger partial charge in [0.05, 0.1) is 0 Å². The Morgan fingerprint density at radius 3 is 1.47 bits per heavy atom. The van der Waals surface area contributed by atoms with Gasteiger partial charge in [-0.1, -0.05) is 190 Å². The van der Waals surface area contributed by atoms with Gasteiger partial charge in [-0.15, -0.1) is 0 Å². The highest BCUT2D eigenvalue weighted by Crippen LogP contribution is 2.54. The smallest absolute Gasteiger partial charge is 0.0171 e. The van der Waals surface area contributed by atoms with E-state index in [0.717, 1.165) is 0 Å². The third kappa shape index (κ3) is 4.53. The molecule has 1 aliphatic rings. The lowest BCUT2D eigenvalue weighted by atomic mass is 9.77. The molecule has 0 aromatic heterocycles. The molecule has 0 bridgehead atoms. The lowest BCUT2D eigenvalue weighted by molar-refractivity contribution is 0.668. The maximum Gasteiger partial charge on any atom is 0.0171 e. The molecule has 0 nitrogen and oxygen atoms in total. The highest BCUT2D eigenvalue weighted by molar-refractivity contribution is 6.21. The normalized spacial score (nSPS) is 13.1. The molecule has 0 saturated heterocycles. The van der Waals surface area contributed by atoms with Crippen LogP contribution < -0.4 is 0 Å². The van der Waals surface area contributed by atoms with Crippen molar-refractivity contribution in [2.75, 3.05) is 0 Å². The van der Waals surface area contributed by atoms with E-state index in [2.05, 4.69) is 196 Å². The van der Waals surface area contributed by atoms with Crippen molar-refractivity contribution in [3.8, 4) is 55.6 Å². The molecule has 240 valence electrons. The molecule has 0 amide bonds. The fraction of sp³-hybridized carbons (Fsp3) is 0.0588. The first kappa shape index (κ1) is 29.7. The maximum atomic E-state index is 2.40. The van der Waals surface area contributed by atoms with E-state index in [1.165, 1.54) is 99.1 Å². The number of benzene rings is 9. The standard InChI is InChI=1S/C51H36/c1-51(2)49-40(24-13-25-45(49)46-31-30-34-16-6-7-19-39(34)50(46)51)35-26-28-36(29-27-35)47-41-20-8-10-22-43(41)48(44-23-11-9-21-42(44)47)38-18-12-17-37(32-38)33-14-4-3-5-15-33/h3-32H,1-2H3. The minimum Gasteiger partial charge on any atom is -0.0622 e. The molecule has 0 saturated carbocycles. The van der Waals surface area contributed by atoms with Gasteiger partial charge in [-0.05, 0) is 105 Å². The van der Waals surface area contributed by atoms with E-state index in [0.29, 0.717) is 0 Å². The maximum absolute atomic E-state index is 2.40. The predicted molar refractivity (Wildman–Crippen MR) is 218 cm³/mol. The van der Waals surface area contributed by atoms with E-state index in [4.69, 9.17) is 0 Å². The summed E-state index contributed by atoms with van der Waals surface area (Å²) in [4.78, 5) is 0. The fourth-order valence-electron chi connectivity index (χ4n) is 9.04. The van der Waals surface area contributed by atoms with Gasteiger partial charge < -0.3 is 0 Å². The second kappa shape index (κ2) is 11.4. The SMILES string of the molecule is CC1(C)c2c(-c3ccc(-c4c5ccccc5c(-c5cccc(-c6ccccc6)c5)c5ccccc45)cc3)cccc2-c2ccc3ccccc3c21. The van der Waals surface area contributed by atoms with Crippen LogP contribution in [0.3, 0.4) is 0 Å². The first-order valence-electron chi connectivity index (χ1n) is 17.9. The van der Waals surface area contributed by atoms with Crippen LogP contribution in [-0.2, 0) is 5.41 Å². The molecular formula is C51H36. The van der Waals surface area contributed by atoms with Gasteiger partial charge in [0.2, 0.25) is 0 Å². The number of hydrogen-bond acceptors (Lipinski definition) is 0. The number of fused-ring (bicyclic) bond motifs is 7. The van der Waals surface area contributed by atoms with Crippen molar-refractivity contribution >= 4 is 32.3 Å².